The van der Waals surface area contributed by atoms with E-state index in [4.69, 9.17) is 5.11 Å². The first kappa shape index (κ1) is 17.2. The lowest BCUT2D eigenvalue weighted by atomic mass is 10.0. The van der Waals surface area contributed by atoms with Crippen molar-refractivity contribution in [2.75, 3.05) is 6.61 Å². The Balaban J connectivity index is 1.72. The Labute approximate surface area is 142 Å². The molecule has 0 spiro atoms. The molecule has 6 heteroatoms. The Morgan fingerprint density at radius 1 is 1.04 bits per heavy atom. The van der Waals surface area contributed by atoms with E-state index < -0.39 is 17.5 Å². The van der Waals surface area contributed by atoms with Gasteiger partial charge in [0, 0.05) is 24.1 Å². The molecule has 25 heavy (non-hydrogen) atoms. The van der Waals surface area contributed by atoms with Crippen molar-refractivity contribution < 1.29 is 23.1 Å². The molecule has 3 rings (SSSR count). The van der Waals surface area contributed by atoms with Gasteiger partial charge in [0.2, 0.25) is 0 Å². The van der Waals surface area contributed by atoms with E-state index in [1.807, 2.05) is 12.2 Å². The molecule has 0 bridgehead atoms. The van der Waals surface area contributed by atoms with E-state index in [9.17, 15) is 18.0 Å². The minimum Gasteiger partial charge on any atom is -0.396 e. The first-order chi connectivity index (χ1) is 12.0. The number of rotatable bonds is 4. The maximum Gasteiger partial charge on any atom is 0.251 e. The Kier molecular flexibility index (Phi) is 4.90. The normalized spacial score (nSPS) is 19.2. The zero-order valence-electron chi connectivity index (χ0n) is 13.2. The summed E-state index contributed by atoms with van der Waals surface area (Å²) in [6, 6.07) is 7.84. The van der Waals surface area contributed by atoms with Gasteiger partial charge in [-0.25, -0.2) is 13.2 Å². The second-order valence-electron chi connectivity index (χ2n) is 5.97. The molecule has 2 atom stereocenters. The van der Waals surface area contributed by atoms with Crippen molar-refractivity contribution in [2.45, 2.75) is 12.5 Å². The summed E-state index contributed by atoms with van der Waals surface area (Å²) in [5, 5.41) is 11.9. The fraction of sp³-hybridized carbons (Fsp3) is 0.211. The molecule has 0 fully saturated rings. The fourth-order valence-electron chi connectivity index (χ4n) is 2.80. The van der Waals surface area contributed by atoms with Crippen molar-refractivity contribution >= 4 is 5.91 Å². The quantitative estimate of drug-likeness (QED) is 0.658. The number of nitrogens with one attached hydrogen (secondary N) is 1. The first-order valence-electron chi connectivity index (χ1n) is 7.83. The fourth-order valence-corrected chi connectivity index (χ4v) is 2.80. The Hall–Kier alpha value is -2.60. The summed E-state index contributed by atoms with van der Waals surface area (Å²) < 4.78 is 39.7. The molecule has 1 aliphatic rings. The van der Waals surface area contributed by atoms with E-state index >= 15 is 0 Å². The highest BCUT2D eigenvalue weighted by molar-refractivity contribution is 5.95. The van der Waals surface area contributed by atoms with Crippen LogP contribution in [0.1, 0.15) is 16.8 Å². The third kappa shape index (κ3) is 3.74. The van der Waals surface area contributed by atoms with E-state index in [2.05, 4.69) is 5.32 Å². The van der Waals surface area contributed by atoms with E-state index in [0.29, 0.717) is 17.5 Å². The smallest absolute Gasteiger partial charge is 0.251 e. The Morgan fingerprint density at radius 2 is 1.68 bits per heavy atom. The lowest BCUT2D eigenvalue weighted by Crippen LogP contribution is -2.32. The number of carbonyl (C=O) groups excluding carboxylic acids is 1. The summed E-state index contributed by atoms with van der Waals surface area (Å²) >= 11 is 0. The van der Waals surface area contributed by atoms with Gasteiger partial charge in [0.25, 0.3) is 5.91 Å². The number of halogens is 3. The van der Waals surface area contributed by atoms with Crippen LogP contribution in [0.25, 0.3) is 11.1 Å². The maximum absolute atomic E-state index is 13.3. The highest BCUT2D eigenvalue weighted by Gasteiger charge is 2.20. The van der Waals surface area contributed by atoms with Crippen LogP contribution >= 0.6 is 0 Å². The van der Waals surface area contributed by atoms with Crippen LogP contribution < -0.4 is 5.32 Å². The average molecular weight is 347 g/mol. The van der Waals surface area contributed by atoms with Gasteiger partial charge in [0.15, 0.2) is 17.5 Å². The number of hydrogen-bond donors (Lipinski definition) is 2. The summed E-state index contributed by atoms with van der Waals surface area (Å²) in [6.45, 7) is 0.0440. The molecule has 0 aromatic heterocycles. The molecular weight excluding hydrogens is 331 g/mol. The monoisotopic (exact) mass is 347 g/mol. The Bertz CT molecular complexity index is 795. The van der Waals surface area contributed by atoms with Crippen LogP contribution in [0, 0.1) is 23.4 Å². The third-order valence-corrected chi connectivity index (χ3v) is 4.19. The molecule has 2 N–H and O–H groups in total. The standard InChI is InChI=1S/C19H16F3NO2/c20-16-8-14(9-17(21)18(16)22)12-2-4-13(5-3-12)19(25)23-15-6-1-11(7-15)10-24/h1-6,8-9,11,15,24H,7,10H2,(H,23,25)/t11-,15+/m0/s1. The molecule has 1 amide bonds. The Morgan fingerprint density at radius 3 is 2.24 bits per heavy atom. The third-order valence-electron chi connectivity index (χ3n) is 4.19. The van der Waals surface area contributed by atoms with E-state index in [1.54, 1.807) is 12.1 Å². The molecule has 2 aromatic carbocycles. The van der Waals surface area contributed by atoms with Crippen molar-refractivity contribution in [3.63, 3.8) is 0 Å². The summed E-state index contributed by atoms with van der Waals surface area (Å²) in [5.41, 5.74) is 1.05. The molecule has 130 valence electrons. The topological polar surface area (TPSA) is 49.3 Å². The molecule has 1 aliphatic carbocycles. The summed E-state index contributed by atoms with van der Waals surface area (Å²) in [4.78, 5) is 12.2. The van der Waals surface area contributed by atoms with Crippen molar-refractivity contribution in [2.24, 2.45) is 5.92 Å². The lowest BCUT2D eigenvalue weighted by Gasteiger charge is -2.13. The predicted octanol–water partition coefficient (Wildman–Crippen LogP) is 3.44. The molecule has 0 aliphatic heterocycles. The van der Waals surface area contributed by atoms with Gasteiger partial charge in [-0.05, 0) is 41.8 Å². The minimum atomic E-state index is -1.51. The highest BCUT2D eigenvalue weighted by atomic mass is 19.2. The number of aliphatic hydroxyl groups is 1. The van der Waals surface area contributed by atoms with Gasteiger partial charge in [-0.1, -0.05) is 24.3 Å². The summed E-state index contributed by atoms with van der Waals surface area (Å²) in [7, 11) is 0. The number of hydrogen-bond acceptors (Lipinski definition) is 2. The number of amides is 1. The van der Waals surface area contributed by atoms with Gasteiger partial charge in [-0.2, -0.15) is 0 Å². The molecule has 3 nitrogen and oxygen atoms in total. The number of carbonyl (C=O) groups is 1. The van der Waals surface area contributed by atoms with Crippen LogP contribution in [-0.2, 0) is 0 Å². The van der Waals surface area contributed by atoms with Gasteiger partial charge in [-0.3, -0.25) is 4.79 Å². The van der Waals surface area contributed by atoms with Crippen molar-refractivity contribution in [3.8, 4) is 11.1 Å². The van der Waals surface area contributed by atoms with E-state index in [1.165, 1.54) is 12.1 Å². The second kappa shape index (κ2) is 7.11. The summed E-state index contributed by atoms with van der Waals surface area (Å²) in [6.07, 6.45) is 4.36. The lowest BCUT2D eigenvalue weighted by molar-refractivity contribution is 0.0941. The zero-order valence-corrected chi connectivity index (χ0v) is 13.2. The molecule has 0 saturated carbocycles. The van der Waals surface area contributed by atoms with Crippen LogP contribution in [-0.4, -0.2) is 23.7 Å². The van der Waals surface area contributed by atoms with Crippen LogP contribution in [0.5, 0.6) is 0 Å². The molecule has 0 unspecified atom stereocenters. The average Bonchev–Trinajstić information content (AvgIpc) is 3.07. The van der Waals surface area contributed by atoms with Crippen LogP contribution in [0.2, 0.25) is 0 Å². The molecule has 0 saturated heterocycles. The largest absolute Gasteiger partial charge is 0.396 e. The van der Waals surface area contributed by atoms with Gasteiger partial charge in [0.05, 0.1) is 0 Å². The number of benzene rings is 2. The first-order valence-corrected chi connectivity index (χ1v) is 7.83. The summed E-state index contributed by atoms with van der Waals surface area (Å²) in [5.74, 6) is -4.26. The zero-order chi connectivity index (χ0) is 18.0. The van der Waals surface area contributed by atoms with Crippen molar-refractivity contribution in [1.29, 1.82) is 0 Å². The van der Waals surface area contributed by atoms with Crippen LogP contribution in [0.3, 0.4) is 0 Å². The van der Waals surface area contributed by atoms with E-state index in [0.717, 1.165) is 12.1 Å². The highest BCUT2D eigenvalue weighted by Crippen LogP contribution is 2.24. The van der Waals surface area contributed by atoms with Gasteiger partial charge in [-0.15, -0.1) is 0 Å². The van der Waals surface area contributed by atoms with Gasteiger partial charge < -0.3 is 10.4 Å². The van der Waals surface area contributed by atoms with Crippen LogP contribution in [0.15, 0.2) is 48.6 Å². The number of aliphatic hydroxyl groups excluding tert-OH is 1. The molecular formula is C19H16F3NO2. The van der Waals surface area contributed by atoms with Gasteiger partial charge in [0.1, 0.15) is 0 Å². The maximum atomic E-state index is 13.3. The molecule has 2 aromatic rings. The molecule has 0 radical (unpaired) electrons. The SMILES string of the molecule is O=C(N[C@@H]1C=C[C@H](CO)C1)c1ccc(-c2cc(F)c(F)c(F)c2)cc1. The minimum absolute atomic E-state index is 0.0440. The van der Waals surface area contributed by atoms with Gasteiger partial charge >= 0.3 is 0 Å². The van der Waals surface area contributed by atoms with Crippen molar-refractivity contribution in [1.82, 2.24) is 5.32 Å². The predicted molar refractivity (Wildman–Crippen MR) is 87.3 cm³/mol. The van der Waals surface area contributed by atoms with Crippen molar-refractivity contribution in [3.05, 3.63) is 71.6 Å². The van der Waals surface area contributed by atoms with E-state index in [-0.39, 0.29) is 30.0 Å². The second-order valence-corrected chi connectivity index (χ2v) is 5.97. The molecule has 0 heterocycles. The van der Waals surface area contributed by atoms with Crippen LogP contribution in [0.4, 0.5) is 13.2 Å².